The van der Waals surface area contributed by atoms with Crippen LogP contribution in [0.3, 0.4) is 0 Å². The molecule has 0 bridgehead atoms. The number of ether oxygens (including phenoxy) is 2. The summed E-state index contributed by atoms with van der Waals surface area (Å²) in [4.78, 5) is 15.1. The molecule has 1 aromatic heterocycles. The number of nitrogens with zero attached hydrogens (tertiary/aromatic N) is 2. The average Bonchev–Trinajstić information content (AvgIpc) is 3.31. The summed E-state index contributed by atoms with van der Waals surface area (Å²) in [5.41, 5.74) is 4.69. The van der Waals surface area contributed by atoms with Crippen LogP contribution in [0.4, 0.5) is 0 Å². The van der Waals surface area contributed by atoms with Crippen molar-refractivity contribution in [2.24, 2.45) is 0 Å². The topological polar surface area (TPSA) is 108 Å². The third-order valence-corrected chi connectivity index (χ3v) is 5.83. The highest BCUT2D eigenvalue weighted by molar-refractivity contribution is 6.00. The maximum atomic E-state index is 13.3. The maximum absolute atomic E-state index is 13.3. The number of carbonyl (C=O) groups is 1. The molecule has 1 aliphatic heterocycles. The number of hydrogen-bond acceptors (Lipinski definition) is 6. The summed E-state index contributed by atoms with van der Waals surface area (Å²) in [5, 5.41) is 28.2. The van der Waals surface area contributed by atoms with E-state index in [9.17, 15) is 15.0 Å². The molecular formula is C24H27N3O5. The van der Waals surface area contributed by atoms with Crippen molar-refractivity contribution in [3.05, 3.63) is 58.3 Å². The van der Waals surface area contributed by atoms with E-state index in [0.29, 0.717) is 47.8 Å². The zero-order chi connectivity index (χ0) is 23.0. The Labute approximate surface area is 186 Å². The predicted octanol–water partition coefficient (Wildman–Crippen LogP) is 3.70. The van der Waals surface area contributed by atoms with Crippen molar-refractivity contribution in [2.45, 2.75) is 26.3 Å². The molecule has 32 heavy (non-hydrogen) atoms. The van der Waals surface area contributed by atoms with Gasteiger partial charge in [-0.2, -0.15) is 5.10 Å². The second kappa shape index (κ2) is 8.55. The molecule has 3 N–H and O–H groups in total. The Morgan fingerprint density at radius 2 is 1.94 bits per heavy atom. The van der Waals surface area contributed by atoms with Gasteiger partial charge in [0, 0.05) is 31.4 Å². The summed E-state index contributed by atoms with van der Waals surface area (Å²) in [7, 11) is 3.11. The molecule has 3 aromatic rings. The fourth-order valence-electron chi connectivity index (χ4n) is 4.36. The number of H-pyrrole nitrogens is 1. The number of methoxy groups -OCH3 is 2. The van der Waals surface area contributed by atoms with Crippen LogP contribution in [0.2, 0.25) is 0 Å². The Balaban J connectivity index is 1.90. The number of phenolic OH excluding ortho intramolecular Hbond substituents is 2. The summed E-state index contributed by atoms with van der Waals surface area (Å²) in [6, 6.07) is 8.35. The monoisotopic (exact) mass is 437 g/mol. The van der Waals surface area contributed by atoms with Crippen molar-refractivity contribution < 1.29 is 24.5 Å². The second-order valence-electron chi connectivity index (χ2n) is 8.02. The molecule has 0 spiro atoms. The van der Waals surface area contributed by atoms with Crippen molar-refractivity contribution in [3.63, 3.8) is 0 Å². The SMILES string of the molecule is COCCCN1C(=O)c2[nH]nc(-c3cc(C)cc(C)c3O)c2[C@H]1c1ccc(O)c(OC)c1. The number of amides is 1. The van der Waals surface area contributed by atoms with Gasteiger partial charge in [0.1, 0.15) is 17.1 Å². The molecule has 1 atom stereocenters. The van der Waals surface area contributed by atoms with Gasteiger partial charge in [-0.1, -0.05) is 12.1 Å². The van der Waals surface area contributed by atoms with Crippen LogP contribution in [-0.2, 0) is 4.74 Å². The Hall–Kier alpha value is -3.52. The number of rotatable bonds is 7. The van der Waals surface area contributed by atoms with E-state index in [1.165, 1.54) is 7.11 Å². The number of aromatic amines is 1. The Kier molecular flexibility index (Phi) is 5.80. The first-order valence-corrected chi connectivity index (χ1v) is 10.4. The van der Waals surface area contributed by atoms with Gasteiger partial charge in [-0.3, -0.25) is 9.89 Å². The van der Waals surface area contributed by atoms with E-state index in [1.54, 1.807) is 30.2 Å². The number of benzene rings is 2. The van der Waals surface area contributed by atoms with Crippen molar-refractivity contribution in [3.8, 4) is 28.5 Å². The highest BCUT2D eigenvalue weighted by Gasteiger charge is 2.42. The van der Waals surface area contributed by atoms with Crippen LogP contribution in [0.15, 0.2) is 30.3 Å². The second-order valence-corrected chi connectivity index (χ2v) is 8.02. The number of aromatic hydroxyl groups is 2. The lowest BCUT2D eigenvalue weighted by atomic mass is 9.94. The molecule has 0 unspecified atom stereocenters. The minimum atomic E-state index is -0.460. The fraction of sp³-hybridized carbons (Fsp3) is 0.333. The van der Waals surface area contributed by atoms with Crippen LogP contribution >= 0.6 is 0 Å². The van der Waals surface area contributed by atoms with E-state index in [1.807, 2.05) is 26.0 Å². The van der Waals surface area contributed by atoms with Gasteiger partial charge in [0.05, 0.1) is 13.2 Å². The molecule has 1 amide bonds. The van der Waals surface area contributed by atoms with Crippen LogP contribution in [0.1, 0.15) is 45.2 Å². The van der Waals surface area contributed by atoms with Gasteiger partial charge in [0.2, 0.25) is 0 Å². The minimum absolute atomic E-state index is 0.0195. The minimum Gasteiger partial charge on any atom is -0.507 e. The van der Waals surface area contributed by atoms with Crippen molar-refractivity contribution in [1.82, 2.24) is 15.1 Å². The summed E-state index contributed by atoms with van der Waals surface area (Å²) in [6.45, 7) is 4.78. The Bertz CT molecular complexity index is 1170. The molecule has 1 aliphatic rings. The van der Waals surface area contributed by atoms with E-state index >= 15 is 0 Å². The molecule has 4 rings (SSSR count). The lowest BCUT2D eigenvalue weighted by Crippen LogP contribution is -2.31. The van der Waals surface area contributed by atoms with Crippen LogP contribution in [-0.4, -0.2) is 58.6 Å². The first kappa shape index (κ1) is 21.7. The first-order valence-electron chi connectivity index (χ1n) is 10.4. The molecule has 0 fully saturated rings. The van der Waals surface area contributed by atoms with Gasteiger partial charge in [-0.05, 0) is 55.2 Å². The van der Waals surface area contributed by atoms with Crippen LogP contribution in [0, 0.1) is 13.8 Å². The number of carbonyl (C=O) groups excluding carboxylic acids is 1. The molecule has 2 aromatic carbocycles. The molecule has 2 heterocycles. The number of hydrogen-bond donors (Lipinski definition) is 3. The zero-order valence-corrected chi connectivity index (χ0v) is 18.6. The van der Waals surface area contributed by atoms with Crippen molar-refractivity contribution >= 4 is 5.91 Å². The van der Waals surface area contributed by atoms with Crippen LogP contribution < -0.4 is 4.74 Å². The van der Waals surface area contributed by atoms with E-state index in [4.69, 9.17) is 9.47 Å². The highest BCUT2D eigenvalue weighted by atomic mass is 16.5. The summed E-state index contributed by atoms with van der Waals surface area (Å²) in [6.07, 6.45) is 0.662. The van der Waals surface area contributed by atoms with Gasteiger partial charge in [-0.25, -0.2) is 0 Å². The highest BCUT2D eigenvalue weighted by Crippen LogP contribution is 2.46. The molecular weight excluding hydrogens is 410 g/mol. The van der Waals surface area contributed by atoms with Crippen LogP contribution in [0.5, 0.6) is 17.2 Å². The maximum Gasteiger partial charge on any atom is 0.273 e. The van der Waals surface area contributed by atoms with Gasteiger partial charge < -0.3 is 24.6 Å². The molecule has 8 nitrogen and oxygen atoms in total. The number of aromatic nitrogens is 2. The standard InChI is InChI=1S/C24H27N3O5/c1-13-10-14(2)23(29)16(11-13)20-19-21(26-25-20)24(30)27(8-5-9-31-3)22(19)15-6-7-17(28)18(12-15)32-4/h6-7,10-12,22,28-29H,5,8-9H2,1-4H3,(H,25,26)/t22-/m1/s1. The lowest BCUT2D eigenvalue weighted by molar-refractivity contribution is 0.0723. The average molecular weight is 437 g/mol. The number of nitrogens with one attached hydrogen (secondary N) is 1. The lowest BCUT2D eigenvalue weighted by Gasteiger charge is -2.27. The van der Waals surface area contributed by atoms with Gasteiger partial charge in [0.15, 0.2) is 11.5 Å². The van der Waals surface area contributed by atoms with Gasteiger partial charge in [-0.15, -0.1) is 0 Å². The molecule has 0 saturated carbocycles. The van der Waals surface area contributed by atoms with Crippen molar-refractivity contribution in [1.29, 1.82) is 0 Å². The third-order valence-electron chi connectivity index (χ3n) is 5.83. The Morgan fingerprint density at radius 3 is 2.66 bits per heavy atom. The molecule has 168 valence electrons. The van der Waals surface area contributed by atoms with E-state index in [0.717, 1.165) is 16.7 Å². The fourth-order valence-corrected chi connectivity index (χ4v) is 4.36. The van der Waals surface area contributed by atoms with E-state index < -0.39 is 6.04 Å². The predicted molar refractivity (Wildman–Crippen MR) is 119 cm³/mol. The molecule has 8 heteroatoms. The van der Waals surface area contributed by atoms with Crippen molar-refractivity contribution in [2.75, 3.05) is 27.4 Å². The summed E-state index contributed by atoms with van der Waals surface area (Å²) in [5.74, 6) is 0.304. The third kappa shape index (κ3) is 3.56. The van der Waals surface area contributed by atoms with Crippen LogP contribution in [0.25, 0.3) is 11.3 Å². The quantitative estimate of drug-likeness (QED) is 0.487. The summed E-state index contributed by atoms with van der Waals surface area (Å²) < 4.78 is 10.5. The zero-order valence-electron chi connectivity index (χ0n) is 18.6. The first-order chi connectivity index (χ1) is 15.4. The summed E-state index contributed by atoms with van der Waals surface area (Å²) >= 11 is 0. The van der Waals surface area contributed by atoms with Gasteiger partial charge >= 0.3 is 0 Å². The largest absolute Gasteiger partial charge is 0.507 e. The molecule has 0 saturated heterocycles. The smallest absolute Gasteiger partial charge is 0.273 e. The van der Waals surface area contributed by atoms with Gasteiger partial charge in [0.25, 0.3) is 5.91 Å². The number of phenols is 2. The normalized spacial score (nSPS) is 15.3. The number of fused-ring (bicyclic) bond motifs is 1. The Morgan fingerprint density at radius 1 is 1.16 bits per heavy atom. The molecule has 0 aliphatic carbocycles. The van der Waals surface area contributed by atoms with E-state index in [2.05, 4.69) is 10.2 Å². The molecule has 0 radical (unpaired) electrons. The number of aryl methyl sites for hydroxylation is 2. The van der Waals surface area contributed by atoms with E-state index in [-0.39, 0.29) is 17.4 Å².